The standard InChI is InChI=1S/C14H15F3N2S/c1-7(2)18-6-12-8(3)19-14(20-12)9-4-10(15)13(17)11(16)5-9/h4-5,7,18H,6H2,1-3H3. The molecule has 6 heteroatoms. The Morgan fingerprint density at radius 3 is 2.35 bits per heavy atom. The second-order valence-electron chi connectivity index (χ2n) is 4.82. The van der Waals surface area contributed by atoms with Crippen molar-refractivity contribution in [2.24, 2.45) is 0 Å². The summed E-state index contributed by atoms with van der Waals surface area (Å²) in [7, 11) is 0. The van der Waals surface area contributed by atoms with Crippen LogP contribution in [0.3, 0.4) is 0 Å². The molecule has 0 atom stereocenters. The second-order valence-corrected chi connectivity index (χ2v) is 5.90. The number of nitrogens with one attached hydrogen (secondary N) is 1. The van der Waals surface area contributed by atoms with E-state index in [0.717, 1.165) is 22.7 Å². The van der Waals surface area contributed by atoms with E-state index in [0.29, 0.717) is 17.6 Å². The molecule has 0 spiro atoms. The minimum atomic E-state index is -1.45. The lowest BCUT2D eigenvalue weighted by Crippen LogP contribution is -2.21. The molecule has 2 rings (SSSR count). The third kappa shape index (κ3) is 3.19. The molecule has 1 N–H and O–H groups in total. The fourth-order valence-electron chi connectivity index (χ4n) is 1.69. The third-order valence-corrected chi connectivity index (χ3v) is 4.00. The Balaban J connectivity index is 2.32. The first-order valence-corrected chi connectivity index (χ1v) is 7.04. The number of hydrogen-bond donors (Lipinski definition) is 1. The molecule has 0 saturated carbocycles. The summed E-state index contributed by atoms with van der Waals surface area (Å²) < 4.78 is 39.4. The number of thiazole rings is 1. The molecule has 0 unspecified atom stereocenters. The summed E-state index contributed by atoms with van der Waals surface area (Å²) in [5, 5.41) is 3.75. The van der Waals surface area contributed by atoms with Gasteiger partial charge in [-0.15, -0.1) is 11.3 Å². The van der Waals surface area contributed by atoms with Crippen LogP contribution in [-0.2, 0) is 6.54 Å². The highest BCUT2D eigenvalue weighted by Crippen LogP contribution is 2.29. The maximum absolute atomic E-state index is 13.2. The van der Waals surface area contributed by atoms with E-state index in [1.807, 2.05) is 20.8 Å². The minimum Gasteiger partial charge on any atom is -0.310 e. The SMILES string of the molecule is Cc1nc(-c2cc(F)c(F)c(F)c2)sc1CNC(C)C. The molecular weight excluding hydrogens is 285 g/mol. The van der Waals surface area contributed by atoms with Crippen molar-refractivity contribution in [2.75, 3.05) is 0 Å². The van der Waals surface area contributed by atoms with Crippen LogP contribution in [0.4, 0.5) is 13.2 Å². The first-order valence-electron chi connectivity index (χ1n) is 6.23. The molecule has 0 saturated heterocycles. The number of halogens is 3. The quantitative estimate of drug-likeness (QED) is 0.862. The average molecular weight is 300 g/mol. The van der Waals surface area contributed by atoms with Gasteiger partial charge in [-0.2, -0.15) is 0 Å². The van der Waals surface area contributed by atoms with E-state index in [2.05, 4.69) is 10.3 Å². The van der Waals surface area contributed by atoms with Crippen molar-refractivity contribution in [1.82, 2.24) is 10.3 Å². The monoisotopic (exact) mass is 300 g/mol. The Morgan fingerprint density at radius 1 is 1.20 bits per heavy atom. The number of hydrogen-bond acceptors (Lipinski definition) is 3. The highest BCUT2D eigenvalue weighted by molar-refractivity contribution is 7.15. The van der Waals surface area contributed by atoms with Crippen LogP contribution in [0.2, 0.25) is 0 Å². The predicted molar refractivity (Wildman–Crippen MR) is 74.1 cm³/mol. The normalized spacial score (nSPS) is 11.3. The topological polar surface area (TPSA) is 24.9 Å². The van der Waals surface area contributed by atoms with Gasteiger partial charge in [-0.3, -0.25) is 0 Å². The summed E-state index contributed by atoms with van der Waals surface area (Å²) in [4.78, 5) is 5.29. The Bertz CT molecular complexity index is 600. The molecule has 0 radical (unpaired) electrons. The van der Waals surface area contributed by atoms with Gasteiger partial charge in [0.25, 0.3) is 0 Å². The summed E-state index contributed by atoms with van der Waals surface area (Å²) >= 11 is 1.35. The molecule has 0 aliphatic carbocycles. The summed E-state index contributed by atoms with van der Waals surface area (Å²) in [6.07, 6.45) is 0. The van der Waals surface area contributed by atoms with Crippen LogP contribution < -0.4 is 5.32 Å². The molecule has 1 aromatic heterocycles. The first kappa shape index (κ1) is 15.0. The number of rotatable bonds is 4. The summed E-state index contributed by atoms with van der Waals surface area (Å²) in [5.74, 6) is -3.85. The molecule has 1 heterocycles. The molecule has 0 amide bonds. The first-order chi connectivity index (χ1) is 9.38. The van der Waals surface area contributed by atoms with Crippen LogP contribution >= 0.6 is 11.3 Å². The van der Waals surface area contributed by atoms with Crippen molar-refractivity contribution >= 4 is 11.3 Å². The van der Waals surface area contributed by atoms with Crippen LogP contribution in [0.15, 0.2) is 12.1 Å². The van der Waals surface area contributed by atoms with E-state index >= 15 is 0 Å². The van der Waals surface area contributed by atoms with Crippen molar-refractivity contribution in [1.29, 1.82) is 0 Å². The minimum absolute atomic E-state index is 0.255. The van der Waals surface area contributed by atoms with Crippen molar-refractivity contribution in [3.8, 4) is 10.6 Å². The summed E-state index contributed by atoms with van der Waals surface area (Å²) in [6, 6.07) is 2.27. The Hall–Kier alpha value is -1.40. The fourth-order valence-corrected chi connectivity index (χ4v) is 2.69. The van der Waals surface area contributed by atoms with Crippen molar-refractivity contribution in [3.05, 3.63) is 40.2 Å². The average Bonchev–Trinajstić information content (AvgIpc) is 2.74. The van der Waals surface area contributed by atoms with Gasteiger partial charge in [0.1, 0.15) is 5.01 Å². The lowest BCUT2D eigenvalue weighted by Gasteiger charge is -2.05. The molecule has 1 aromatic carbocycles. The Morgan fingerprint density at radius 2 is 1.80 bits per heavy atom. The molecule has 0 fully saturated rings. The zero-order valence-corrected chi connectivity index (χ0v) is 12.2. The van der Waals surface area contributed by atoms with E-state index in [9.17, 15) is 13.2 Å². The highest BCUT2D eigenvalue weighted by atomic mass is 32.1. The lowest BCUT2D eigenvalue weighted by atomic mass is 10.2. The number of benzene rings is 1. The van der Waals surface area contributed by atoms with Gasteiger partial charge in [0.15, 0.2) is 17.5 Å². The number of aryl methyl sites for hydroxylation is 1. The molecule has 0 bridgehead atoms. The van der Waals surface area contributed by atoms with Gasteiger partial charge in [0.2, 0.25) is 0 Å². The molecule has 108 valence electrons. The van der Waals surface area contributed by atoms with Gasteiger partial charge < -0.3 is 5.32 Å². The van der Waals surface area contributed by atoms with Gasteiger partial charge in [-0.05, 0) is 19.1 Å². The molecule has 0 aliphatic rings. The van der Waals surface area contributed by atoms with Gasteiger partial charge in [0, 0.05) is 23.0 Å². The molecule has 0 aliphatic heterocycles. The molecule has 2 aromatic rings. The van der Waals surface area contributed by atoms with E-state index in [-0.39, 0.29) is 5.56 Å². The van der Waals surface area contributed by atoms with Gasteiger partial charge in [-0.1, -0.05) is 13.8 Å². The van der Waals surface area contributed by atoms with E-state index < -0.39 is 17.5 Å². The van der Waals surface area contributed by atoms with E-state index in [4.69, 9.17) is 0 Å². The van der Waals surface area contributed by atoms with Gasteiger partial charge in [0.05, 0.1) is 5.69 Å². The zero-order valence-electron chi connectivity index (χ0n) is 11.4. The van der Waals surface area contributed by atoms with Crippen molar-refractivity contribution < 1.29 is 13.2 Å². The van der Waals surface area contributed by atoms with Gasteiger partial charge >= 0.3 is 0 Å². The van der Waals surface area contributed by atoms with Crippen LogP contribution in [-0.4, -0.2) is 11.0 Å². The maximum Gasteiger partial charge on any atom is 0.194 e. The van der Waals surface area contributed by atoms with Crippen LogP contribution in [0.1, 0.15) is 24.4 Å². The second kappa shape index (κ2) is 5.93. The van der Waals surface area contributed by atoms with E-state index in [1.165, 1.54) is 11.3 Å². The lowest BCUT2D eigenvalue weighted by molar-refractivity contribution is 0.447. The Labute approximate surface area is 119 Å². The van der Waals surface area contributed by atoms with Crippen LogP contribution in [0.5, 0.6) is 0 Å². The van der Waals surface area contributed by atoms with Crippen LogP contribution in [0, 0.1) is 24.4 Å². The fraction of sp³-hybridized carbons (Fsp3) is 0.357. The maximum atomic E-state index is 13.2. The molecule has 20 heavy (non-hydrogen) atoms. The van der Waals surface area contributed by atoms with Crippen LogP contribution in [0.25, 0.3) is 10.6 Å². The smallest absolute Gasteiger partial charge is 0.194 e. The largest absolute Gasteiger partial charge is 0.310 e. The van der Waals surface area contributed by atoms with E-state index in [1.54, 1.807) is 0 Å². The van der Waals surface area contributed by atoms with Gasteiger partial charge in [-0.25, -0.2) is 18.2 Å². The molecule has 2 nitrogen and oxygen atoms in total. The molecular formula is C14H15F3N2S. The Kier molecular flexibility index (Phi) is 4.45. The zero-order chi connectivity index (χ0) is 14.9. The number of aromatic nitrogens is 1. The summed E-state index contributed by atoms with van der Waals surface area (Å²) in [6.45, 7) is 6.55. The highest BCUT2D eigenvalue weighted by Gasteiger charge is 2.15. The number of nitrogens with zero attached hydrogens (tertiary/aromatic N) is 1. The predicted octanol–water partition coefficient (Wildman–Crippen LogP) is 4.03. The van der Waals surface area contributed by atoms with Crippen molar-refractivity contribution in [2.45, 2.75) is 33.4 Å². The summed E-state index contributed by atoms with van der Waals surface area (Å²) in [5.41, 5.74) is 1.06. The third-order valence-electron chi connectivity index (χ3n) is 2.79. The van der Waals surface area contributed by atoms with Crippen molar-refractivity contribution in [3.63, 3.8) is 0 Å².